The SMILES string of the molecule is CO[C@@H](C)[C@H](C)NS(=O)(=O)c1c(C)cc(C)c(CC(=O)O)c1C. The highest BCUT2D eigenvalue weighted by Gasteiger charge is 2.26. The number of hydrogen-bond acceptors (Lipinski definition) is 4. The zero-order valence-electron chi connectivity index (χ0n) is 14.4. The Morgan fingerprint density at radius 2 is 1.83 bits per heavy atom. The first-order valence-electron chi connectivity index (χ1n) is 7.37. The van der Waals surface area contributed by atoms with Crippen molar-refractivity contribution in [2.24, 2.45) is 0 Å². The van der Waals surface area contributed by atoms with Gasteiger partial charge in [-0.05, 0) is 56.9 Å². The van der Waals surface area contributed by atoms with Crippen LogP contribution in [0.3, 0.4) is 0 Å². The van der Waals surface area contributed by atoms with E-state index in [1.165, 1.54) is 7.11 Å². The van der Waals surface area contributed by atoms with Crippen LogP contribution < -0.4 is 4.72 Å². The fourth-order valence-electron chi connectivity index (χ4n) is 2.65. The second-order valence-corrected chi connectivity index (χ2v) is 7.52. The Labute approximate surface area is 137 Å². The Kier molecular flexibility index (Phi) is 6.33. The Morgan fingerprint density at radius 1 is 1.26 bits per heavy atom. The third kappa shape index (κ3) is 4.53. The molecule has 0 aliphatic carbocycles. The molecule has 1 rings (SSSR count). The minimum Gasteiger partial charge on any atom is -0.481 e. The number of hydrogen-bond donors (Lipinski definition) is 2. The number of nitrogens with one attached hydrogen (secondary N) is 1. The van der Waals surface area contributed by atoms with E-state index in [0.29, 0.717) is 16.7 Å². The first-order chi connectivity index (χ1) is 10.5. The molecule has 0 aliphatic heterocycles. The summed E-state index contributed by atoms with van der Waals surface area (Å²) in [4.78, 5) is 11.2. The van der Waals surface area contributed by atoms with Crippen LogP contribution in [0.1, 0.15) is 36.1 Å². The van der Waals surface area contributed by atoms with Gasteiger partial charge in [-0.3, -0.25) is 4.79 Å². The van der Waals surface area contributed by atoms with E-state index in [1.54, 1.807) is 40.7 Å². The molecule has 0 saturated heterocycles. The van der Waals surface area contributed by atoms with Crippen molar-refractivity contribution in [1.82, 2.24) is 4.72 Å². The van der Waals surface area contributed by atoms with Crippen molar-refractivity contribution >= 4 is 16.0 Å². The Bertz CT molecular complexity index is 697. The molecule has 0 spiro atoms. The van der Waals surface area contributed by atoms with Crippen molar-refractivity contribution in [3.05, 3.63) is 28.3 Å². The summed E-state index contributed by atoms with van der Waals surface area (Å²) in [5, 5.41) is 9.05. The second-order valence-electron chi connectivity index (χ2n) is 5.86. The number of sulfonamides is 1. The average Bonchev–Trinajstić information content (AvgIpc) is 2.40. The van der Waals surface area contributed by atoms with Gasteiger partial charge in [0.25, 0.3) is 0 Å². The van der Waals surface area contributed by atoms with Crippen LogP contribution >= 0.6 is 0 Å². The lowest BCUT2D eigenvalue weighted by Crippen LogP contribution is -2.41. The summed E-state index contributed by atoms with van der Waals surface area (Å²) < 4.78 is 33.2. The highest BCUT2D eigenvalue weighted by atomic mass is 32.2. The third-order valence-electron chi connectivity index (χ3n) is 4.07. The number of rotatable bonds is 7. The summed E-state index contributed by atoms with van der Waals surface area (Å²) >= 11 is 0. The molecular formula is C16H25NO5S. The maximum atomic E-state index is 12.7. The van der Waals surface area contributed by atoms with Crippen molar-refractivity contribution in [2.75, 3.05) is 7.11 Å². The fraction of sp³-hybridized carbons (Fsp3) is 0.562. The molecule has 2 atom stereocenters. The second kappa shape index (κ2) is 7.42. The third-order valence-corrected chi connectivity index (χ3v) is 5.92. The van der Waals surface area contributed by atoms with Gasteiger partial charge in [0.15, 0.2) is 0 Å². The van der Waals surface area contributed by atoms with E-state index in [4.69, 9.17) is 9.84 Å². The molecule has 0 heterocycles. The Hall–Kier alpha value is -1.44. The molecule has 0 saturated carbocycles. The molecule has 130 valence electrons. The highest BCUT2D eigenvalue weighted by Crippen LogP contribution is 2.27. The van der Waals surface area contributed by atoms with Crippen molar-refractivity contribution in [2.45, 2.75) is 58.1 Å². The largest absolute Gasteiger partial charge is 0.481 e. The number of aliphatic carboxylic acids is 1. The normalized spacial score (nSPS) is 14.5. The van der Waals surface area contributed by atoms with Crippen LogP contribution in [0.2, 0.25) is 0 Å². The average molecular weight is 343 g/mol. The highest BCUT2D eigenvalue weighted by molar-refractivity contribution is 7.89. The van der Waals surface area contributed by atoms with Gasteiger partial charge in [-0.25, -0.2) is 13.1 Å². The summed E-state index contributed by atoms with van der Waals surface area (Å²) in [5.74, 6) is -0.988. The number of carbonyl (C=O) groups is 1. The molecule has 23 heavy (non-hydrogen) atoms. The molecule has 7 heteroatoms. The van der Waals surface area contributed by atoms with Gasteiger partial charge >= 0.3 is 5.97 Å². The van der Waals surface area contributed by atoms with Crippen molar-refractivity contribution in [1.29, 1.82) is 0 Å². The monoisotopic (exact) mass is 343 g/mol. The lowest BCUT2D eigenvalue weighted by atomic mass is 9.97. The minimum atomic E-state index is -3.77. The molecule has 0 unspecified atom stereocenters. The van der Waals surface area contributed by atoms with Gasteiger partial charge in [-0.15, -0.1) is 0 Å². The predicted molar refractivity (Wildman–Crippen MR) is 88.2 cm³/mol. The number of carboxylic acid groups (broad SMARTS) is 1. The first-order valence-corrected chi connectivity index (χ1v) is 8.86. The van der Waals surface area contributed by atoms with Crippen LogP contribution in [-0.2, 0) is 26.0 Å². The van der Waals surface area contributed by atoms with E-state index < -0.39 is 22.0 Å². The number of aryl methyl sites for hydroxylation is 2. The van der Waals surface area contributed by atoms with Crippen LogP contribution in [0.4, 0.5) is 0 Å². The lowest BCUT2D eigenvalue weighted by molar-refractivity contribution is -0.136. The smallest absolute Gasteiger partial charge is 0.307 e. The van der Waals surface area contributed by atoms with Crippen LogP contribution in [0.5, 0.6) is 0 Å². The fourth-order valence-corrected chi connectivity index (χ4v) is 4.45. The maximum absolute atomic E-state index is 12.7. The van der Waals surface area contributed by atoms with Crippen molar-refractivity contribution < 1.29 is 23.1 Å². The molecule has 1 aromatic rings. The number of ether oxygens (including phenoxy) is 1. The summed E-state index contributed by atoms with van der Waals surface area (Å²) in [6.45, 7) is 8.65. The van der Waals surface area contributed by atoms with E-state index in [9.17, 15) is 13.2 Å². The van der Waals surface area contributed by atoms with Gasteiger partial charge in [0.05, 0.1) is 17.4 Å². The van der Waals surface area contributed by atoms with E-state index in [-0.39, 0.29) is 17.4 Å². The molecule has 0 bridgehead atoms. The molecular weight excluding hydrogens is 318 g/mol. The summed E-state index contributed by atoms with van der Waals surface area (Å²) in [6, 6.07) is 1.30. The molecule has 1 aromatic carbocycles. The maximum Gasteiger partial charge on any atom is 0.307 e. The zero-order chi connectivity index (χ0) is 17.9. The van der Waals surface area contributed by atoms with Crippen molar-refractivity contribution in [3.8, 4) is 0 Å². The number of carboxylic acids is 1. The van der Waals surface area contributed by atoms with Gasteiger partial charge in [0.1, 0.15) is 0 Å². The summed E-state index contributed by atoms with van der Waals surface area (Å²) in [7, 11) is -2.26. The molecule has 0 aliphatic rings. The first kappa shape index (κ1) is 19.6. The predicted octanol–water partition coefficient (Wildman–Crippen LogP) is 1.94. The van der Waals surface area contributed by atoms with Gasteiger partial charge < -0.3 is 9.84 Å². The molecule has 0 amide bonds. The van der Waals surface area contributed by atoms with Gasteiger partial charge in [-0.1, -0.05) is 6.07 Å². The standard InChI is InChI=1S/C16H25NO5S/c1-9-7-10(2)16(11(3)14(9)8-15(18)19)23(20,21)17-12(4)13(5)22-6/h7,12-13,17H,8H2,1-6H3,(H,18,19)/t12-,13-/m0/s1. The van der Waals surface area contributed by atoms with E-state index in [0.717, 1.165) is 5.56 Å². The zero-order valence-corrected chi connectivity index (χ0v) is 15.2. The molecule has 0 radical (unpaired) electrons. The topological polar surface area (TPSA) is 92.7 Å². The molecule has 0 fully saturated rings. The van der Waals surface area contributed by atoms with E-state index >= 15 is 0 Å². The van der Waals surface area contributed by atoms with Gasteiger partial charge in [0.2, 0.25) is 10.0 Å². The minimum absolute atomic E-state index is 0.148. The van der Waals surface area contributed by atoms with Crippen LogP contribution in [-0.4, -0.2) is 38.7 Å². The summed E-state index contributed by atoms with van der Waals surface area (Å²) in [5.41, 5.74) is 2.39. The Balaban J connectivity index is 3.38. The van der Waals surface area contributed by atoms with E-state index in [2.05, 4.69) is 4.72 Å². The molecule has 2 N–H and O–H groups in total. The quantitative estimate of drug-likeness (QED) is 0.789. The van der Waals surface area contributed by atoms with Gasteiger partial charge in [-0.2, -0.15) is 0 Å². The summed E-state index contributed by atoms with van der Waals surface area (Å²) in [6.07, 6.45) is -0.487. The number of methoxy groups -OCH3 is 1. The lowest BCUT2D eigenvalue weighted by Gasteiger charge is -2.22. The molecule has 6 nitrogen and oxygen atoms in total. The van der Waals surface area contributed by atoms with Crippen LogP contribution in [0.25, 0.3) is 0 Å². The number of benzene rings is 1. The van der Waals surface area contributed by atoms with Crippen LogP contribution in [0, 0.1) is 20.8 Å². The molecule has 0 aromatic heterocycles. The van der Waals surface area contributed by atoms with Gasteiger partial charge in [0, 0.05) is 13.2 Å². The Morgan fingerprint density at radius 3 is 2.30 bits per heavy atom. The van der Waals surface area contributed by atoms with Crippen LogP contribution in [0.15, 0.2) is 11.0 Å². The van der Waals surface area contributed by atoms with Crippen molar-refractivity contribution in [3.63, 3.8) is 0 Å². The van der Waals surface area contributed by atoms with E-state index in [1.807, 2.05) is 0 Å².